The van der Waals surface area contributed by atoms with Gasteiger partial charge in [-0.2, -0.15) is 5.26 Å². The fourth-order valence-electron chi connectivity index (χ4n) is 12.4. The van der Waals surface area contributed by atoms with E-state index in [-0.39, 0.29) is 58.3 Å². The summed E-state index contributed by atoms with van der Waals surface area (Å²) in [7, 11) is 0. The van der Waals surface area contributed by atoms with Crippen molar-refractivity contribution >= 4 is 17.7 Å². The molecule has 5 aliphatic rings. The maximum atomic E-state index is 14.3. The number of fused-ring (bicyclic) bond motifs is 7. The van der Waals surface area contributed by atoms with Gasteiger partial charge in [0.1, 0.15) is 18.1 Å². The fraction of sp³-hybridized carbons (Fsp3) is 0.692. The van der Waals surface area contributed by atoms with Crippen molar-refractivity contribution in [1.82, 2.24) is 0 Å². The summed E-state index contributed by atoms with van der Waals surface area (Å²) in [6, 6.07) is 9.01. The van der Waals surface area contributed by atoms with Crippen molar-refractivity contribution in [3.05, 3.63) is 42.0 Å². The van der Waals surface area contributed by atoms with E-state index in [9.17, 15) is 19.6 Å². The summed E-state index contributed by atoms with van der Waals surface area (Å²) in [5.74, 6) is 1.80. The highest BCUT2D eigenvalue weighted by Gasteiger charge is 2.72. The van der Waals surface area contributed by atoms with Crippen LogP contribution in [0.5, 0.6) is 5.75 Å². The lowest BCUT2D eigenvalue weighted by molar-refractivity contribution is -0.238. The van der Waals surface area contributed by atoms with Crippen molar-refractivity contribution in [2.75, 3.05) is 6.61 Å². The number of carbonyl (C=O) groups is 3. The Hall–Kier alpha value is -2.94. The second-order valence-corrected chi connectivity index (χ2v) is 16.5. The van der Waals surface area contributed by atoms with E-state index < -0.39 is 10.8 Å². The average Bonchev–Trinajstić information content (AvgIpc) is 3.40. The Morgan fingerprint density at radius 1 is 0.911 bits per heavy atom. The zero-order chi connectivity index (χ0) is 32.6. The first-order chi connectivity index (χ1) is 21.2. The van der Waals surface area contributed by atoms with Crippen LogP contribution in [0.1, 0.15) is 111 Å². The van der Waals surface area contributed by atoms with Crippen molar-refractivity contribution in [3.63, 3.8) is 0 Å². The Morgan fingerprint density at radius 3 is 2.27 bits per heavy atom. The average molecular weight is 614 g/mol. The van der Waals surface area contributed by atoms with Crippen LogP contribution < -0.4 is 4.74 Å². The molecule has 242 valence electrons. The molecule has 1 aromatic rings. The molecule has 6 rings (SSSR count). The van der Waals surface area contributed by atoms with E-state index >= 15 is 0 Å². The molecule has 45 heavy (non-hydrogen) atoms. The standard InChI is InChI=1S/C39H51NO5/c1-24(2)28-14-19-39(34(43)45-27-10-8-26(22-40)9-11-27)21-20-37(6)29(33(28)39)12-13-31-35(4)17-16-32(42)36(5,23-44-25(3)41)30(35)15-18-38(31,37)7/h8-11,28-31,33H,1,12-21,23H2,2-7H3/t28-,29+,30+,31+,33+,35-,36-,37+,38+,39-/m0/s1. The highest BCUT2D eigenvalue weighted by molar-refractivity contribution is 5.86. The van der Waals surface area contributed by atoms with Crippen molar-refractivity contribution in [2.45, 2.75) is 106 Å². The van der Waals surface area contributed by atoms with Gasteiger partial charge >= 0.3 is 11.9 Å². The van der Waals surface area contributed by atoms with Crippen LogP contribution in [0.4, 0.5) is 0 Å². The van der Waals surface area contributed by atoms with Gasteiger partial charge in [-0.25, -0.2) is 0 Å². The number of nitriles is 1. The lowest BCUT2D eigenvalue weighted by atomic mass is 9.32. The van der Waals surface area contributed by atoms with Crippen LogP contribution in [0.2, 0.25) is 0 Å². The van der Waals surface area contributed by atoms with E-state index in [1.807, 2.05) is 0 Å². The molecule has 5 aliphatic carbocycles. The monoisotopic (exact) mass is 613 g/mol. The summed E-state index contributed by atoms with van der Waals surface area (Å²) < 4.78 is 11.7. The predicted molar refractivity (Wildman–Crippen MR) is 172 cm³/mol. The smallest absolute Gasteiger partial charge is 0.317 e. The molecule has 6 nitrogen and oxygen atoms in total. The minimum atomic E-state index is -0.648. The van der Waals surface area contributed by atoms with Gasteiger partial charge in [-0.3, -0.25) is 14.4 Å². The second kappa shape index (κ2) is 10.8. The molecule has 0 N–H and O–H groups in total. The lowest BCUT2D eigenvalue weighted by Crippen LogP contribution is -2.67. The molecule has 1 aromatic carbocycles. The molecule has 0 bridgehead atoms. The first kappa shape index (κ1) is 32.0. The van der Waals surface area contributed by atoms with Crippen LogP contribution in [0, 0.1) is 68.0 Å². The first-order valence-electron chi connectivity index (χ1n) is 17.2. The molecule has 0 heterocycles. The molecule has 0 saturated heterocycles. The second-order valence-electron chi connectivity index (χ2n) is 16.5. The minimum Gasteiger partial charge on any atom is -0.465 e. The van der Waals surface area contributed by atoms with Gasteiger partial charge in [-0.1, -0.05) is 32.9 Å². The van der Waals surface area contributed by atoms with E-state index in [2.05, 4.69) is 47.3 Å². The van der Waals surface area contributed by atoms with E-state index in [4.69, 9.17) is 9.47 Å². The number of esters is 2. The number of hydrogen-bond donors (Lipinski definition) is 0. The molecule has 0 radical (unpaired) electrons. The van der Waals surface area contributed by atoms with Gasteiger partial charge in [0.15, 0.2) is 0 Å². The molecular weight excluding hydrogens is 562 g/mol. The zero-order valence-electron chi connectivity index (χ0n) is 28.2. The minimum absolute atomic E-state index is 0.0176. The number of Topliss-reactive ketones (excluding diaryl/α,β-unsaturated/α-hetero) is 1. The van der Waals surface area contributed by atoms with Crippen LogP contribution in [-0.4, -0.2) is 24.3 Å². The van der Waals surface area contributed by atoms with Gasteiger partial charge in [0.2, 0.25) is 0 Å². The van der Waals surface area contributed by atoms with E-state index in [1.165, 1.54) is 12.5 Å². The summed E-state index contributed by atoms with van der Waals surface area (Å²) in [6.07, 6.45) is 9.17. The van der Waals surface area contributed by atoms with Gasteiger partial charge in [0.05, 0.1) is 22.5 Å². The number of nitrogens with zero attached hydrogens (tertiary/aromatic N) is 1. The Labute approximate surface area is 269 Å². The van der Waals surface area contributed by atoms with Gasteiger partial charge in [0.25, 0.3) is 0 Å². The van der Waals surface area contributed by atoms with E-state index in [0.717, 1.165) is 57.8 Å². The summed E-state index contributed by atoms with van der Waals surface area (Å²) in [4.78, 5) is 39.6. The Kier molecular flexibility index (Phi) is 7.69. The summed E-state index contributed by atoms with van der Waals surface area (Å²) >= 11 is 0. The van der Waals surface area contributed by atoms with Crippen molar-refractivity contribution in [1.29, 1.82) is 5.26 Å². The third kappa shape index (κ3) is 4.49. The third-order valence-electron chi connectivity index (χ3n) is 14.8. The largest absolute Gasteiger partial charge is 0.465 e. The first-order valence-corrected chi connectivity index (χ1v) is 17.2. The number of rotatable bonds is 5. The van der Waals surface area contributed by atoms with Crippen molar-refractivity contribution < 1.29 is 23.9 Å². The molecular formula is C39H51NO5. The lowest BCUT2D eigenvalue weighted by Gasteiger charge is -2.72. The van der Waals surface area contributed by atoms with Crippen LogP contribution in [0.25, 0.3) is 0 Å². The molecule has 0 aromatic heterocycles. The number of carbonyl (C=O) groups excluding carboxylic acids is 3. The molecule has 5 saturated carbocycles. The Bertz CT molecular complexity index is 1460. The van der Waals surface area contributed by atoms with Crippen molar-refractivity contribution in [3.8, 4) is 11.8 Å². The van der Waals surface area contributed by atoms with Gasteiger partial charge in [0, 0.05) is 13.3 Å². The number of hydrogen-bond acceptors (Lipinski definition) is 6. The van der Waals surface area contributed by atoms with E-state index in [0.29, 0.717) is 29.6 Å². The molecule has 6 heteroatoms. The zero-order valence-corrected chi connectivity index (χ0v) is 28.2. The number of ether oxygens (including phenoxy) is 2. The van der Waals surface area contributed by atoms with Crippen LogP contribution in [0.15, 0.2) is 36.4 Å². The summed E-state index contributed by atoms with van der Waals surface area (Å²) in [6.45, 7) is 17.8. The normalized spacial score (nSPS) is 43.5. The predicted octanol–water partition coefficient (Wildman–Crippen LogP) is 8.23. The van der Waals surface area contributed by atoms with Gasteiger partial charge in [-0.05, 0) is 142 Å². The molecule has 0 spiro atoms. The molecule has 0 amide bonds. The van der Waals surface area contributed by atoms with Crippen LogP contribution in [-0.2, 0) is 19.1 Å². The Balaban J connectivity index is 1.34. The summed E-state index contributed by atoms with van der Waals surface area (Å²) in [5, 5.41) is 9.22. The van der Waals surface area contributed by atoms with Crippen molar-refractivity contribution in [2.24, 2.45) is 56.7 Å². The highest BCUT2D eigenvalue weighted by Crippen LogP contribution is 2.77. The third-order valence-corrected chi connectivity index (χ3v) is 14.8. The fourth-order valence-corrected chi connectivity index (χ4v) is 12.4. The molecule has 0 aliphatic heterocycles. The maximum Gasteiger partial charge on any atom is 0.317 e. The molecule has 0 unspecified atom stereocenters. The van der Waals surface area contributed by atoms with Crippen LogP contribution >= 0.6 is 0 Å². The quantitative estimate of drug-likeness (QED) is 0.189. The van der Waals surface area contributed by atoms with E-state index in [1.54, 1.807) is 24.3 Å². The van der Waals surface area contributed by atoms with Gasteiger partial charge in [-0.15, -0.1) is 0 Å². The summed E-state index contributed by atoms with van der Waals surface area (Å²) in [5.41, 5.74) is 0.624. The SMILES string of the molecule is C=C(C)[C@@H]1CC[C@]2(C(=O)Oc3ccc(C#N)cc3)CC[C@]3(C)[C@H](CC[C@@H]4[C@@]5(C)CCC(=O)[C@@](C)(COC(C)=O)[C@@H]5CC[C@]43C)[C@@H]12. The molecule has 10 atom stereocenters. The highest BCUT2D eigenvalue weighted by atomic mass is 16.5. The maximum absolute atomic E-state index is 14.3. The number of ketones is 1. The van der Waals surface area contributed by atoms with Gasteiger partial charge < -0.3 is 9.47 Å². The molecule has 5 fully saturated rings. The number of benzene rings is 1. The topological polar surface area (TPSA) is 93.5 Å². The Morgan fingerprint density at radius 2 is 1.62 bits per heavy atom. The number of allylic oxidation sites excluding steroid dienone is 1. The van der Waals surface area contributed by atoms with Crippen LogP contribution in [0.3, 0.4) is 0 Å².